The van der Waals surface area contributed by atoms with E-state index >= 15 is 0 Å². The Labute approximate surface area is 100 Å². The van der Waals surface area contributed by atoms with Gasteiger partial charge in [-0.05, 0) is 12.1 Å². The molecular weight excluding hydrogens is 253 g/mol. The maximum atomic E-state index is 10.5. The molecule has 16 heavy (non-hydrogen) atoms. The molecule has 7 heteroatoms. The van der Waals surface area contributed by atoms with Crippen LogP contribution >= 0.6 is 23.2 Å². The highest BCUT2D eigenvalue weighted by Gasteiger charge is 2.13. The molecule has 2 rings (SSSR count). The summed E-state index contributed by atoms with van der Waals surface area (Å²) in [5.74, 6) is 0. The predicted octanol–water partition coefficient (Wildman–Crippen LogP) is 3.09. The zero-order chi connectivity index (χ0) is 11.7. The minimum atomic E-state index is -0.533. The van der Waals surface area contributed by atoms with E-state index in [-0.39, 0.29) is 5.69 Å². The van der Waals surface area contributed by atoms with Crippen molar-refractivity contribution >= 4 is 28.9 Å². The second-order valence-electron chi connectivity index (χ2n) is 2.97. The fraction of sp³-hybridized carbons (Fsp3) is 0. The van der Waals surface area contributed by atoms with Gasteiger partial charge in [-0.2, -0.15) is 5.10 Å². The van der Waals surface area contributed by atoms with Crippen molar-refractivity contribution < 1.29 is 4.92 Å². The van der Waals surface area contributed by atoms with Gasteiger partial charge in [0.1, 0.15) is 18.1 Å². The molecule has 0 aliphatic heterocycles. The van der Waals surface area contributed by atoms with Crippen molar-refractivity contribution in [2.45, 2.75) is 0 Å². The Morgan fingerprint density at radius 3 is 2.44 bits per heavy atom. The van der Waals surface area contributed by atoms with Crippen LogP contribution in [0, 0.1) is 10.1 Å². The topological polar surface area (TPSA) is 61.0 Å². The van der Waals surface area contributed by atoms with Crippen molar-refractivity contribution in [1.29, 1.82) is 0 Å². The van der Waals surface area contributed by atoms with Crippen molar-refractivity contribution in [2.24, 2.45) is 0 Å². The van der Waals surface area contributed by atoms with Crippen LogP contribution in [0.3, 0.4) is 0 Å². The second-order valence-corrected chi connectivity index (χ2v) is 3.78. The molecule has 0 amide bonds. The van der Waals surface area contributed by atoms with Gasteiger partial charge in [-0.3, -0.25) is 10.1 Å². The van der Waals surface area contributed by atoms with Gasteiger partial charge in [-0.25, -0.2) is 4.68 Å². The van der Waals surface area contributed by atoms with Gasteiger partial charge in [0, 0.05) is 0 Å². The molecule has 82 valence electrons. The van der Waals surface area contributed by atoms with Crippen molar-refractivity contribution in [1.82, 2.24) is 9.78 Å². The van der Waals surface area contributed by atoms with Gasteiger partial charge in [0.25, 0.3) is 0 Å². The van der Waals surface area contributed by atoms with E-state index in [2.05, 4.69) is 5.10 Å². The average Bonchev–Trinajstić information content (AvgIpc) is 2.66. The number of nitrogens with zero attached hydrogens (tertiary/aromatic N) is 3. The summed E-state index contributed by atoms with van der Waals surface area (Å²) in [5.41, 5.74) is 0.315. The highest BCUT2D eigenvalue weighted by atomic mass is 35.5. The number of aromatic nitrogens is 2. The molecule has 0 bridgehead atoms. The molecule has 0 saturated heterocycles. The van der Waals surface area contributed by atoms with Gasteiger partial charge in [-0.15, -0.1) is 0 Å². The fourth-order valence-corrected chi connectivity index (χ4v) is 1.81. The Kier molecular flexibility index (Phi) is 2.80. The summed E-state index contributed by atoms with van der Waals surface area (Å²) >= 11 is 11.9. The zero-order valence-corrected chi connectivity index (χ0v) is 9.31. The van der Waals surface area contributed by atoms with Gasteiger partial charge in [0.2, 0.25) is 0 Å². The minimum Gasteiger partial charge on any atom is -0.258 e. The lowest BCUT2D eigenvalue weighted by atomic mass is 10.3. The number of nitro groups is 1. The summed E-state index contributed by atoms with van der Waals surface area (Å²) in [6.45, 7) is 0. The van der Waals surface area contributed by atoms with Crippen LogP contribution in [0.2, 0.25) is 10.0 Å². The van der Waals surface area contributed by atoms with Crippen molar-refractivity contribution in [3.8, 4) is 5.69 Å². The van der Waals surface area contributed by atoms with Crippen LogP contribution in [0.4, 0.5) is 5.69 Å². The molecule has 0 atom stereocenters. The summed E-state index contributed by atoms with van der Waals surface area (Å²) in [7, 11) is 0. The lowest BCUT2D eigenvalue weighted by Crippen LogP contribution is -1.96. The molecule has 2 aromatic rings. The molecule has 0 spiro atoms. The number of hydrogen-bond acceptors (Lipinski definition) is 3. The highest BCUT2D eigenvalue weighted by Crippen LogP contribution is 2.28. The van der Waals surface area contributed by atoms with E-state index in [9.17, 15) is 10.1 Å². The zero-order valence-electron chi connectivity index (χ0n) is 7.80. The van der Waals surface area contributed by atoms with E-state index in [1.54, 1.807) is 18.2 Å². The van der Waals surface area contributed by atoms with E-state index in [0.717, 1.165) is 6.20 Å². The largest absolute Gasteiger partial charge is 0.307 e. The molecule has 0 fully saturated rings. The van der Waals surface area contributed by atoms with E-state index < -0.39 is 4.92 Å². The third-order valence-electron chi connectivity index (χ3n) is 1.95. The van der Waals surface area contributed by atoms with Crippen LogP contribution in [-0.2, 0) is 0 Å². The van der Waals surface area contributed by atoms with Gasteiger partial charge in [0.15, 0.2) is 0 Å². The molecule has 0 aliphatic carbocycles. The standard InChI is InChI=1S/C9H5Cl2N3O2/c10-7-2-1-3-8(11)9(7)13-5-6(4-12-13)14(15)16/h1-5H. The fourth-order valence-electron chi connectivity index (χ4n) is 1.24. The third kappa shape index (κ3) is 1.87. The lowest BCUT2D eigenvalue weighted by Gasteiger charge is -2.05. The maximum Gasteiger partial charge on any atom is 0.307 e. The molecule has 0 unspecified atom stereocenters. The van der Waals surface area contributed by atoms with Gasteiger partial charge >= 0.3 is 5.69 Å². The Bertz CT molecular complexity index is 533. The van der Waals surface area contributed by atoms with Crippen LogP contribution in [0.5, 0.6) is 0 Å². The Balaban J connectivity index is 2.54. The number of halogens is 2. The summed E-state index contributed by atoms with van der Waals surface area (Å²) in [6.07, 6.45) is 2.40. The Morgan fingerprint density at radius 1 is 1.31 bits per heavy atom. The quantitative estimate of drug-likeness (QED) is 0.614. The summed E-state index contributed by atoms with van der Waals surface area (Å²) in [6, 6.07) is 4.96. The third-order valence-corrected chi connectivity index (χ3v) is 2.56. The van der Waals surface area contributed by atoms with E-state index in [1.165, 1.54) is 10.9 Å². The van der Waals surface area contributed by atoms with Crippen LogP contribution in [-0.4, -0.2) is 14.7 Å². The number of hydrogen-bond donors (Lipinski definition) is 0. The molecule has 1 aromatic heterocycles. The molecular formula is C9H5Cl2N3O2. The summed E-state index contributed by atoms with van der Waals surface area (Å²) in [5, 5.41) is 15.1. The molecule has 0 N–H and O–H groups in total. The molecule has 0 saturated carbocycles. The van der Waals surface area contributed by atoms with Crippen molar-refractivity contribution in [3.63, 3.8) is 0 Å². The van der Waals surface area contributed by atoms with Gasteiger partial charge in [0.05, 0.1) is 15.0 Å². The Hall–Kier alpha value is -1.59. The normalized spacial score (nSPS) is 10.4. The molecule has 1 heterocycles. The minimum absolute atomic E-state index is 0.115. The molecule has 0 aliphatic rings. The van der Waals surface area contributed by atoms with E-state index in [1.807, 2.05) is 0 Å². The lowest BCUT2D eigenvalue weighted by molar-refractivity contribution is -0.384. The monoisotopic (exact) mass is 257 g/mol. The first-order valence-electron chi connectivity index (χ1n) is 4.23. The first-order valence-corrected chi connectivity index (χ1v) is 4.98. The first-order chi connectivity index (χ1) is 7.59. The van der Waals surface area contributed by atoms with Crippen molar-refractivity contribution in [3.05, 3.63) is 50.8 Å². The van der Waals surface area contributed by atoms with Crippen molar-refractivity contribution in [2.75, 3.05) is 0 Å². The molecule has 0 radical (unpaired) electrons. The number of rotatable bonds is 2. The van der Waals surface area contributed by atoms with E-state index in [4.69, 9.17) is 23.2 Å². The maximum absolute atomic E-state index is 10.5. The molecule has 5 nitrogen and oxygen atoms in total. The molecule has 1 aromatic carbocycles. The van der Waals surface area contributed by atoms with Crippen LogP contribution in [0.15, 0.2) is 30.6 Å². The second kappa shape index (κ2) is 4.11. The number of para-hydroxylation sites is 1. The van der Waals surface area contributed by atoms with E-state index in [0.29, 0.717) is 15.7 Å². The Morgan fingerprint density at radius 2 is 1.94 bits per heavy atom. The van der Waals surface area contributed by atoms with Crippen LogP contribution in [0.25, 0.3) is 5.69 Å². The summed E-state index contributed by atoms with van der Waals surface area (Å²) in [4.78, 5) is 9.97. The smallest absolute Gasteiger partial charge is 0.258 e. The van der Waals surface area contributed by atoms with Gasteiger partial charge < -0.3 is 0 Å². The SMILES string of the molecule is O=[N+]([O-])c1cnn(-c2c(Cl)cccc2Cl)c1. The van der Waals surface area contributed by atoms with Crippen LogP contribution in [0.1, 0.15) is 0 Å². The first kappa shape index (κ1) is 10.9. The van der Waals surface area contributed by atoms with Gasteiger partial charge in [-0.1, -0.05) is 29.3 Å². The predicted molar refractivity (Wildman–Crippen MR) is 60.2 cm³/mol. The average molecular weight is 258 g/mol. The van der Waals surface area contributed by atoms with Crippen LogP contribution < -0.4 is 0 Å². The highest BCUT2D eigenvalue weighted by molar-refractivity contribution is 6.37. The number of benzene rings is 1. The summed E-state index contributed by atoms with van der Waals surface area (Å²) < 4.78 is 1.28.